The zero-order valence-electron chi connectivity index (χ0n) is 14.2. The van der Waals surface area contributed by atoms with Crippen LogP contribution in [0.1, 0.15) is 28.3 Å². The predicted octanol–water partition coefficient (Wildman–Crippen LogP) is 2.63. The number of phenols is 2. The molecule has 0 amide bonds. The molecule has 2 aromatic carbocycles. The van der Waals surface area contributed by atoms with Gasteiger partial charge < -0.3 is 22.4 Å². The molecule has 0 saturated carbocycles. The van der Waals surface area contributed by atoms with Crippen molar-refractivity contribution < 1.29 is 14.9 Å². The van der Waals surface area contributed by atoms with Gasteiger partial charge in [0.2, 0.25) is 0 Å². The van der Waals surface area contributed by atoms with Crippen LogP contribution < -0.4 is 4.74 Å². The van der Waals surface area contributed by atoms with E-state index in [4.69, 9.17) is 4.74 Å². The summed E-state index contributed by atoms with van der Waals surface area (Å²) in [5, 5.41) is 19.7. The largest absolute Gasteiger partial charge is 2.00 e. The maximum absolute atomic E-state index is 9.98. The first-order valence-electron chi connectivity index (χ1n) is 7.52. The number of hydrogen-bond acceptors (Lipinski definition) is 4. The summed E-state index contributed by atoms with van der Waals surface area (Å²) in [7, 11) is 1.60. The molecule has 0 bridgehead atoms. The molecule has 0 radical (unpaired) electrons. The Morgan fingerprint density at radius 2 is 2.04 bits per heavy atom. The molecule has 2 aromatic rings. The van der Waals surface area contributed by atoms with E-state index in [1.165, 1.54) is 16.7 Å². The van der Waals surface area contributed by atoms with Gasteiger partial charge in [0.15, 0.2) is 11.5 Å². The fraction of sp³-hybridized carbons (Fsp3) is 0.316. The molecule has 0 fully saturated rings. The van der Waals surface area contributed by atoms with Crippen LogP contribution in [-0.4, -0.2) is 66.5 Å². The van der Waals surface area contributed by atoms with Crippen molar-refractivity contribution >= 4 is 37.7 Å². The summed E-state index contributed by atoms with van der Waals surface area (Å²) >= 11 is 0. The molecule has 122 valence electrons. The Hall–Kier alpha value is -0.940. The predicted molar refractivity (Wildman–Crippen MR) is 94.3 cm³/mol. The number of nitrogens with zero attached hydrogens (tertiary/aromatic N) is 1. The third-order valence-electron chi connectivity index (χ3n) is 4.84. The van der Waals surface area contributed by atoms with Gasteiger partial charge in [0.05, 0.1) is 7.11 Å². The second-order valence-corrected chi connectivity index (χ2v) is 5.99. The molecule has 4 nitrogen and oxygen atoms in total. The van der Waals surface area contributed by atoms with Crippen molar-refractivity contribution in [3.63, 3.8) is 0 Å². The Balaban J connectivity index is 0.00000104. The monoisotopic (exact) mass is 351 g/mol. The number of fused-ring (bicyclic) bond motifs is 4. The Kier molecular flexibility index (Phi) is 6.08. The van der Waals surface area contributed by atoms with Gasteiger partial charge in [-0.1, -0.05) is 12.5 Å². The van der Waals surface area contributed by atoms with Crippen molar-refractivity contribution in [2.24, 2.45) is 0 Å². The molecule has 2 N–H and O–H groups in total. The average molecular weight is 351 g/mol. The molecular formula is C19H21CaNO3. The second-order valence-electron chi connectivity index (χ2n) is 5.99. The zero-order chi connectivity index (χ0) is 15.3. The summed E-state index contributed by atoms with van der Waals surface area (Å²) < 4.78 is 5.39. The summed E-state index contributed by atoms with van der Waals surface area (Å²) in [5.41, 5.74) is 4.75. The SMILES string of the molecule is COc1c(O)ccc2c1CN1CCc3c[c-]c(O)cc3C1C2.[CH3-].[Ca+2]. The standard InChI is InChI=1S/C18H18NO3.CH3.Ca/c1-22-18-15-10-19-7-6-11-2-4-13(20)9-14(11)16(19)8-12(15)3-5-17(18)21;;/h2-3,5,9,16,20-21H,6-8,10H2,1H3;1H3;/q2*-1;+2. The van der Waals surface area contributed by atoms with Crippen LogP contribution in [-0.2, 0) is 19.4 Å². The molecule has 2 aliphatic heterocycles. The minimum absolute atomic E-state index is 0. The van der Waals surface area contributed by atoms with Gasteiger partial charge in [0, 0.05) is 23.9 Å². The van der Waals surface area contributed by atoms with Crippen LogP contribution >= 0.6 is 0 Å². The van der Waals surface area contributed by atoms with Gasteiger partial charge in [-0.25, -0.2) is 0 Å². The van der Waals surface area contributed by atoms with Gasteiger partial charge in [-0.2, -0.15) is 6.07 Å². The maximum Gasteiger partial charge on any atom is 2.00 e. The van der Waals surface area contributed by atoms with Crippen LogP contribution in [0.5, 0.6) is 17.2 Å². The van der Waals surface area contributed by atoms with E-state index in [-0.39, 0.29) is 62.7 Å². The van der Waals surface area contributed by atoms with E-state index in [0.29, 0.717) is 5.75 Å². The fourth-order valence-corrected chi connectivity index (χ4v) is 3.76. The van der Waals surface area contributed by atoms with Gasteiger partial charge in [-0.05, 0) is 24.6 Å². The number of methoxy groups -OCH3 is 1. The van der Waals surface area contributed by atoms with Crippen molar-refractivity contribution in [1.29, 1.82) is 0 Å². The van der Waals surface area contributed by atoms with Gasteiger partial charge in [-0.15, -0.1) is 23.3 Å². The van der Waals surface area contributed by atoms with Crippen LogP contribution in [0.3, 0.4) is 0 Å². The Bertz CT molecular complexity index is 748. The van der Waals surface area contributed by atoms with Crippen molar-refractivity contribution in [3.8, 4) is 17.2 Å². The van der Waals surface area contributed by atoms with E-state index in [1.54, 1.807) is 13.2 Å². The number of benzene rings is 2. The van der Waals surface area contributed by atoms with Crippen LogP contribution in [0.4, 0.5) is 0 Å². The van der Waals surface area contributed by atoms with E-state index in [1.807, 2.05) is 18.2 Å². The topological polar surface area (TPSA) is 52.9 Å². The minimum Gasteiger partial charge on any atom is -0.534 e. The molecule has 0 aromatic heterocycles. The number of phenolic OH excluding ortho intramolecular Hbond substituents is 2. The first kappa shape index (κ1) is 19.4. The number of hydrogen-bond donors (Lipinski definition) is 2. The molecule has 5 heteroatoms. The van der Waals surface area contributed by atoms with Crippen LogP contribution in [0.25, 0.3) is 0 Å². The molecule has 0 aliphatic carbocycles. The summed E-state index contributed by atoms with van der Waals surface area (Å²) in [5.74, 6) is 0.991. The quantitative estimate of drug-likeness (QED) is 0.613. The number of rotatable bonds is 1. The van der Waals surface area contributed by atoms with Crippen molar-refractivity contribution in [2.45, 2.75) is 25.4 Å². The van der Waals surface area contributed by atoms with E-state index in [0.717, 1.165) is 31.5 Å². The first-order chi connectivity index (χ1) is 10.7. The van der Waals surface area contributed by atoms with Gasteiger partial charge >= 0.3 is 37.7 Å². The molecule has 0 saturated heterocycles. The second kappa shape index (κ2) is 7.52. The first-order valence-corrected chi connectivity index (χ1v) is 7.52. The van der Waals surface area contributed by atoms with Crippen molar-refractivity contribution in [3.05, 3.63) is 60.0 Å². The Labute approximate surface area is 173 Å². The summed E-state index contributed by atoms with van der Waals surface area (Å²) in [6, 6.07) is 10.6. The van der Waals surface area contributed by atoms with Crippen LogP contribution in [0.15, 0.2) is 24.3 Å². The Morgan fingerprint density at radius 3 is 2.79 bits per heavy atom. The number of aromatic hydroxyl groups is 2. The van der Waals surface area contributed by atoms with Gasteiger partial charge in [0.25, 0.3) is 0 Å². The molecule has 2 heterocycles. The van der Waals surface area contributed by atoms with Crippen molar-refractivity contribution in [1.82, 2.24) is 4.90 Å². The molecule has 4 rings (SSSR count). The molecule has 0 spiro atoms. The van der Waals surface area contributed by atoms with E-state index >= 15 is 0 Å². The smallest absolute Gasteiger partial charge is 0.534 e. The minimum atomic E-state index is 0. The fourth-order valence-electron chi connectivity index (χ4n) is 3.76. The van der Waals surface area contributed by atoms with E-state index in [9.17, 15) is 10.2 Å². The molecule has 24 heavy (non-hydrogen) atoms. The molecule has 2 aliphatic rings. The third-order valence-corrected chi connectivity index (χ3v) is 4.84. The summed E-state index contributed by atoms with van der Waals surface area (Å²) in [6.07, 6.45) is 1.82. The van der Waals surface area contributed by atoms with Crippen LogP contribution in [0, 0.1) is 13.5 Å². The Morgan fingerprint density at radius 1 is 1.25 bits per heavy atom. The molecule has 1 atom stereocenters. The molecule has 1 unspecified atom stereocenters. The average Bonchev–Trinajstić information content (AvgIpc) is 2.53. The number of ether oxygens (including phenoxy) is 1. The normalized spacial score (nSPS) is 18.3. The maximum atomic E-state index is 9.98. The van der Waals surface area contributed by atoms with Crippen LogP contribution in [0.2, 0.25) is 0 Å². The third kappa shape index (κ3) is 3.13. The zero-order valence-corrected chi connectivity index (χ0v) is 16.4. The molecular weight excluding hydrogens is 330 g/mol. The summed E-state index contributed by atoms with van der Waals surface area (Å²) in [6.45, 7) is 1.73. The summed E-state index contributed by atoms with van der Waals surface area (Å²) in [4.78, 5) is 2.39. The van der Waals surface area contributed by atoms with Crippen molar-refractivity contribution in [2.75, 3.05) is 13.7 Å². The van der Waals surface area contributed by atoms with Gasteiger partial charge in [0.1, 0.15) is 0 Å². The van der Waals surface area contributed by atoms with E-state index in [2.05, 4.69) is 11.0 Å². The van der Waals surface area contributed by atoms with Gasteiger partial charge in [-0.3, -0.25) is 4.90 Å². The van der Waals surface area contributed by atoms with E-state index < -0.39 is 0 Å².